The van der Waals surface area contributed by atoms with Crippen molar-refractivity contribution in [2.75, 3.05) is 0 Å². The van der Waals surface area contributed by atoms with Gasteiger partial charge in [-0.25, -0.2) is 0 Å². The molecule has 0 aromatic carbocycles. The molecule has 1 aliphatic rings. The highest BCUT2D eigenvalue weighted by Crippen LogP contribution is 2.10. The van der Waals surface area contributed by atoms with Gasteiger partial charge in [0.1, 0.15) is 0 Å². The SMILES string of the molecule is CC(CC(N)=O)N1C(=O)C=CC1=O. The van der Waals surface area contributed by atoms with Crippen molar-refractivity contribution in [2.24, 2.45) is 5.73 Å². The van der Waals surface area contributed by atoms with Crippen LogP contribution >= 0.6 is 0 Å². The van der Waals surface area contributed by atoms with Gasteiger partial charge in [-0.15, -0.1) is 0 Å². The third-order valence-electron chi connectivity index (χ3n) is 1.78. The highest BCUT2D eigenvalue weighted by molar-refractivity contribution is 6.13. The fourth-order valence-electron chi connectivity index (χ4n) is 1.23. The largest absolute Gasteiger partial charge is 0.370 e. The molecule has 0 fully saturated rings. The number of primary amides is 1. The molecule has 1 heterocycles. The first-order chi connectivity index (χ1) is 6.02. The molecule has 13 heavy (non-hydrogen) atoms. The number of carbonyl (C=O) groups excluding carboxylic acids is 3. The van der Waals surface area contributed by atoms with Crippen LogP contribution in [0.3, 0.4) is 0 Å². The van der Waals surface area contributed by atoms with Gasteiger partial charge >= 0.3 is 0 Å². The molecule has 5 heteroatoms. The summed E-state index contributed by atoms with van der Waals surface area (Å²) in [6.07, 6.45) is 2.36. The van der Waals surface area contributed by atoms with E-state index in [0.29, 0.717) is 0 Å². The van der Waals surface area contributed by atoms with Gasteiger partial charge in [-0.3, -0.25) is 19.3 Å². The molecule has 0 bridgehead atoms. The van der Waals surface area contributed by atoms with Crippen LogP contribution < -0.4 is 5.73 Å². The number of hydrogen-bond donors (Lipinski definition) is 1. The number of imide groups is 1. The standard InChI is InChI=1S/C8H10N2O3/c1-5(4-6(9)11)10-7(12)2-3-8(10)13/h2-3,5H,4H2,1H3,(H2,9,11). The van der Waals surface area contributed by atoms with Gasteiger partial charge < -0.3 is 5.73 Å². The first kappa shape index (κ1) is 9.44. The van der Waals surface area contributed by atoms with Crippen molar-refractivity contribution in [3.05, 3.63) is 12.2 Å². The monoisotopic (exact) mass is 182 g/mol. The number of nitrogens with two attached hydrogens (primary N) is 1. The Labute approximate surface area is 75.2 Å². The minimum Gasteiger partial charge on any atom is -0.370 e. The fraction of sp³-hybridized carbons (Fsp3) is 0.375. The molecule has 1 aliphatic heterocycles. The van der Waals surface area contributed by atoms with E-state index in [1.54, 1.807) is 6.92 Å². The second-order valence-electron chi connectivity index (χ2n) is 2.90. The minimum absolute atomic E-state index is 0.000833. The molecule has 1 unspecified atom stereocenters. The number of hydrogen-bond acceptors (Lipinski definition) is 3. The third kappa shape index (κ3) is 1.93. The molecule has 0 spiro atoms. The van der Waals surface area contributed by atoms with Gasteiger partial charge in [-0.05, 0) is 6.92 Å². The number of amides is 3. The number of rotatable bonds is 3. The second kappa shape index (κ2) is 3.38. The third-order valence-corrected chi connectivity index (χ3v) is 1.78. The smallest absolute Gasteiger partial charge is 0.253 e. The lowest BCUT2D eigenvalue weighted by atomic mass is 10.2. The average Bonchev–Trinajstić information content (AvgIpc) is 2.29. The Hall–Kier alpha value is -1.65. The number of carbonyl (C=O) groups is 3. The summed E-state index contributed by atoms with van der Waals surface area (Å²) in [7, 11) is 0. The van der Waals surface area contributed by atoms with Crippen LogP contribution in [0.25, 0.3) is 0 Å². The lowest BCUT2D eigenvalue weighted by Gasteiger charge is -2.20. The molecule has 1 rings (SSSR count). The van der Waals surface area contributed by atoms with Crippen molar-refractivity contribution in [2.45, 2.75) is 19.4 Å². The normalized spacial score (nSPS) is 18.1. The Morgan fingerprint density at radius 3 is 2.31 bits per heavy atom. The summed E-state index contributed by atoms with van der Waals surface area (Å²) in [6, 6.07) is -0.465. The van der Waals surface area contributed by atoms with Gasteiger partial charge in [0.05, 0.1) is 0 Å². The molecular formula is C8H10N2O3. The van der Waals surface area contributed by atoms with E-state index in [9.17, 15) is 14.4 Å². The van der Waals surface area contributed by atoms with E-state index in [-0.39, 0.29) is 6.42 Å². The minimum atomic E-state index is -0.528. The maximum Gasteiger partial charge on any atom is 0.253 e. The molecule has 0 saturated heterocycles. The molecule has 0 radical (unpaired) electrons. The Balaban J connectivity index is 2.67. The van der Waals surface area contributed by atoms with E-state index in [1.165, 1.54) is 12.2 Å². The quantitative estimate of drug-likeness (QED) is 0.579. The first-order valence-corrected chi connectivity index (χ1v) is 3.86. The zero-order valence-corrected chi connectivity index (χ0v) is 7.19. The van der Waals surface area contributed by atoms with Crippen LogP contribution in [-0.2, 0) is 14.4 Å². The van der Waals surface area contributed by atoms with Crippen LogP contribution in [0.5, 0.6) is 0 Å². The van der Waals surface area contributed by atoms with Crippen molar-refractivity contribution in [1.29, 1.82) is 0 Å². The molecule has 0 saturated carbocycles. The van der Waals surface area contributed by atoms with Crippen molar-refractivity contribution >= 4 is 17.7 Å². The molecule has 5 nitrogen and oxygen atoms in total. The van der Waals surface area contributed by atoms with Crippen LogP contribution in [0.1, 0.15) is 13.3 Å². The summed E-state index contributed by atoms with van der Waals surface area (Å²) in [4.78, 5) is 33.7. The van der Waals surface area contributed by atoms with Crippen LogP contribution in [0, 0.1) is 0 Å². The Kier molecular flexibility index (Phi) is 2.46. The van der Waals surface area contributed by atoms with Gasteiger partial charge in [-0.2, -0.15) is 0 Å². The lowest BCUT2D eigenvalue weighted by Crippen LogP contribution is -2.40. The molecular weight excluding hydrogens is 172 g/mol. The van der Waals surface area contributed by atoms with E-state index in [4.69, 9.17) is 5.73 Å². The maximum absolute atomic E-state index is 11.1. The Morgan fingerprint density at radius 2 is 1.92 bits per heavy atom. The number of nitrogens with zero attached hydrogens (tertiary/aromatic N) is 1. The summed E-state index contributed by atoms with van der Waals surface area (Å²) >= 11 is 0. The van der Waals surface area contributed by atoms with E-state index < -0.39 is 23.8 Å². The lowest BCUT2D eigenvalue weighted by molar-refractivity contribution is -0.139. The summed E-state index contributed by atoms with van der Waals surface area (Å²) in [5, 5.41) is 0. The molecule has 70 valence electrons. The van der Waals surface area contributed by atoms with E-state index in [0.717, 1.165) is 4.90 Å². The van der Waals surface area contributed by atoms with E-state index in [1.807, 2.05) is 0 Å². The highest BCUT2D eigenvalue weighted by atomic mass is 16.2. The van der Waals surface area contributed by atoms with Crippen molar-refractivity contribution in [1.82, 2.24) is 4.90 Å². The average molecular weight is 182 g/mol. The Bertz CT molecular complexity index is 278. The zero-order chi connectivity index (χ0) is 10.0. The summed E-state index contributed by atoms with van der Waals surface area (Å²) < 4.78 is 0. The van der Waals surface area contributed by atoms with E-state index >= 15 is 0 Å². The zero-order valence-electron chi connectivity index (χ0n) is 7.19. The van der Waals surface area contributed by atoms with Crippen LogP contribution in [0.15, 0.2) is 12.2 Å². The second-order valence-corrected chi connectivity index (χ2v) is 2.90. The predicted octanol–water partition coefficient (Wildman–Crippen LogP) is -0.825. The first-order valence-electron chi connectivity index (χ1n) is 3.86. The summed E-state index contributed by atoms with van der Waals surface area (Å²) in [6.45, 7) is 1.60. The molecule has 0 aromatic rings. The van der Waals surface area contributed by atoms with Gasteiger partial charge in [-0.1, -0.05) is 0 Å². The van der Waals surface area contributed by atoms with Gasteiger partial charge in [0.2, 0.25) is 5.91 Å². The summed E-state index contributed by atoms with van der Waals surface area (Å²) in [5.41, 5.74) is 4.94. The predicted molar refractivity (Wildman–Crippen MR) is 44.3 cm³/mol. The molecule has 3 amide bonds. The van der Waals surface area contributed by atoms with Gasteiger partial charge in [0.15, 0.2) is 0 Å². The van der Waals surface area contributed by atoms with E-state index in [2.05, 4.69) is 0 Å². The topological polar surface area (TPSA) is 80.5 Å². The van der Waals surface area contributed by atoms with Gasteiger partial charge in [0, 0.05) is 24.6 Å². The van der Waals surface area contributed by atoms with Crippen molar-refractivity contribution in [3.63, 3.8) is 0 Å². The fourth-order valence-corrected chi connectivity index (χ4v) is 1.23. The molecule has 2 N–H and O–H groups in total. The highest BCUT2D eigenvalue weighted by Gasteiger charge is 2.28. The Morgan fingerprint density at radius 1 is 1.46 bits per heavy atom. The van der Waals surface area contributed by atoms with Crippen molar-refractivity contribution < 1.29 is 14.4 Å². The van der Waals surface area contributed by atoms with Crippen LogP contribution in [-0.4, -0.2) is 28.7 Å². The van der Waals surface area contributed by atoms with Crippen molar-refractivity contribution in [3.8, 4) is 0 Å². The molecule has 0 aliphatic carbocycles. The summed E-state index contributed by atoms with van der Waals surface area (Å²) in [5.74, 6) is -1.31. The van der Waals surface area contributed by atoms with Crippen LogP contribution in [0.4, 0.5) is 0 Å². The molecule has 0 aromatic heterocycles. The molecule has 1 atom stereocenters. The maximum atomic E-state index is 11.1. The van der Waals surface area contributed by atoms with Gasteiger partial charge in [0.25, 0.3) is 11.8 Å². The van der Waals surface area contributed by atoms with Crippen LogP contribution in [0.2, 0.25) is 0 Å².